The summed E-state index contributed by atoms with van der Waals surface area (Å²) in [7, 11) is -2.35. The Morgan fingerprint density at radius 1 is 1.13 bits per heavy atom. The number of nitrogens with one attached hydrogen (secondary N) is 2. The summed E-state index contributed by atoms with van der Waals surface area (Å²) in [5, 5.41) is 2.57. The second-order valence-corrected chi connectivity index (χ2v) is 8.87. The summed E-state index contributed by atoms with van der Waals surface area (Å²) in [5.74, 6) is 0.215. The van der Waals surface area contributed by atoms with Gasteiger partial charge in [0.1, 0.15) is 5.75 Å². The molecule has 2 aromatic rings. The van der Waals surface area contributed by atoms with Gasteiger partial charge in [0.05, 0.1) is 17.7 Å². The van der Waals surface area contributed by atoms with Crippen LogP contribution in [0.1, 0.15) is 30.9 Å². The number of benzene rings is 2. The van der Waals surface area contributed by atoms with Crippen molar-refractivity contribution >= 4 is 27.5 Å². The van der Waals surface area contributed by atoms with Crippen molar-refractivity contribution in [2.24, 2.45) is 0 Å². The number of hydrogen-bond donors (Lipinski definition) is 2. The second kappa shape index (κ2) is 9.27. The van der Waals surface area contributed by atoms with Gasteiger partial charge in [0.15, 0.2) is 0 Å². The van der Waals surface area contributed by atoms with Crippen LogP contribution in [0, 0.1) is 0 Å². The predicted molar refractivity (Wildman–Crippen MR) is 112 cm³/mol. The lowest BCUT2D eigenvalue weighted by Crippen LogP contribution is -2.24. The molecule has 1 aliphatic rings. The van der Waals surface area contributed by atoms with Gasteiger partial charge in [0.25, 0.3) is 0 Å². The molecule has 0 atom stereocenters. The summed E-state index contributed by atoms with van der Waals surface area (Å²) < 4.78 is 33.1. The van der Waals surface area contributed by atoms with Crippen LogP contribution in [0.3, 0.4) is 0 Å². The number of rotatable bonds is 8. The lowest BCUT2D eigenvalue weighted by molar-refractivity contribution is -0.128. The molecule has 1 aliphatic heterocycles. The molecule has 1 saturated heterocycles. The summed E-state index contributed by atoms with van der Waals surface area (Å²) in [4.78, 5) is 24.9. The molecular formula is C21H25N3O5S. The van der Waals surface area contributed by atoms with Gasteiger partial charge in [-0.3, -0.25) is 9.59 Å². The summed E-state index contributed by atoms with van der Waals surface area (Å²) >= 11 is 0. The van der Waals surface area contributed by atoms with Gasteiger partial charge in [-0.1, -0.05) is 24.3 Å². The lowest BCUT2D eigenvalue weighted by atomic mass is 10.1. The number of carbonyl (C=O) groups excluding carboxylic acids is 2. The monoisotopic (exact) mass is 431 g/mol. The smallest absolute Gasteiger partial charge is 0.240 e. The lowest BCUT2D eigenvalue weighted by Gasteiger charge is -2.15. The second-order valence-electron chi connectivity index (χ2n) is 7.10. The molecule has 9 heteroatoms. The molecule has 1 heterocycles. The van der Waals surface area contributed by atoms with E-state index in [0.717, 1.165) is 24.1 Å². The molecule has 2 aromatic carbocycles. The Morgan fingerprint density at radius 3 is 2.43 bits per heavy atom. The fourth-order valence-electron chi connectivity index (χ4n) is 3.26. The fourth-order valence-corrected chi connectivity index (χ4v) is 4.30. The molecular weight excluding hydrogens is 406 g/mol. The molecule has 0 saturated carbocycles. The first-order valence-corrected chi connectivity index (χ1v) is 11.1. The van der Waals surface area contributed by atoms with Crippen LogP contribution in [0.2, 0.25) is 0 Å². The van der Waals surface area contributed by atoms with Crippen LogP contribution >= 0.6 is 0 Å². The van der Waals surface area contributed by atoms with Gasteiger partial charge in [-0.15, -0.1) is 0 Å². The highest BCUT2D eigenvalue weighted by Gasteiger charge is 2.20. The van der Waals surface area contributed by atoms with Crippen LogP contribution in [0.5, 0.6) is 5.75 Å². The zero-order chi connectivity index (χ0) is 21.7. The third-order valence-corrected chi connectivity index (χ3v) is 6.22. The topological polar surface area (TPSA) is 105 Å². The normalized spacial score (nSPS) is 14.1. The molecule has 8 nitrogen and oxygen atoms in total. The standard InChI is InChI=1S/C21H25N3O5S/c1-15(25)23-19-12-18(9-10-20(19)29-2)30(27,28)22-13-16-5-7-17(8-6-16)14-24-11-3-4-21(24)26/h5-10,12,22H,3-4,11,13-14H2,1-2H3,(H,23,25). The SMILES string of the molecule is COc1ccc(S(=O)(=O)NCc2ccc(CN3CCCC3=O)cc2)cc1NC(C)=O. The molecule has 0 spiro atoms. The van der Waals surface area contributed by atoms with E-state index in [1.807, 2.05) is 29.2 Å². The summed E-state index contributed by atoms with van der Waals surface area (Å²) in [6, 6.07) is 11.8. The number of nitrogens with zero attached hydrogens (tertiary/aromatic N) is 1. The Hall–Kier alpha value is -2.91. The quantitative estimate of drug-likeness (QED) is 0.667. The largest absolute Gasteiger partial charge is 0.495 e. The van der Waals surface area contributed by atoms with Crippen LogP contribution in [-0.2, 0) is 32.7 Å². The van der Waals surface area contributed by atoms with Crippen molar-refractivity contribution in [2.75, 3.05) is 19.0 Å². The van der Waals surface area contributed by atoms with Crippen LogP contribution in [-0.4, -0.2) is 38.8 Å². The van der Waals surface area contributed by atoms with Gasteiger partial charge in [-0.2, -0.15) is 0 Å². The average Bonchev–Trinajstić information content (AvgIpc) is 3.11. The van der Waals surface area contributed by atoms with Crippen LogP contribution in [0.25, 0.3) is 0 Å². The van der Waals surface area contributed by atoms with E-state index in [0.29, 0.717) is 18.7 Å². The Bertz CT molecular complexity index is 1040. The minimum absolute atomic E-state index is 0.0243. The number of ether oxygens (including phenoxy) is 1. The van der Waals surface area contributed by atoms with Crippen molar-refractivity contribution < 1.29 is 22.7 Å². The van der Waals surface area contributed by atoms with Crippen molar-refractivity contribution in [1.29, 1.82) is 0 Å². The number of anilines is 1. The highest BCUT2D eigenvalue weighted by molar-refractivity contribution is 7.89. The summed E-state index contributed by atoms with van der Waals surface area (Å²) in [6.45, 7) is 2.81. The van der Waals surface area contributed by atoms with E-state index in [1.54, 1.807) is 0 Å². The minimum atomic E-state index is -3.79. The van der Waals surface area contributed by atoms with Gasteiger partial charge in [0, 0.05) is 33.0 Å². The van der Waals surface area contributed by atoms with Crippen molar-refractivity contribution in [3.63, 3.8) is 0 Å². The third kappa shape index (κ3) is 5.37. The molecule has 1 fully saturated rings. The molecule has 30 heavy (non-hydrogen) atoms. The predicted octanol–water partition coefficient (Wildman–Crippen LogP) is 2.25. The first-order chi connectivity index (χ1) is 14.3. The number of carbonyl (C=O) groups is 2. The van der Waals surface area contributed by atoms with Gasteiger partial charge in [-0.05, 0) is 35.7 Å². The molecule has 3 rings (SSSR count). The number of amides is 2. The van der Waals surface area contributed by atoms with E-state index in [-0.39, 0.29) is 28.9 Å². The van der Waals surface area contributed by atoms with Crippen molar-refractivity contribution in [3.8, 4) is 5.75 Å². The fraction of sp³-hybridized carbons (Fsp3) is 0.333. The number of methoxy groups -OCH3 is 1. The zero-order valence-corrected chi connectivity index (χ0v) is 17.8. The van der Waals surface area contributed by atoms with Crippen LogP contribution in [0.15, 0.2) is 47.4 Å². The van der Waals surface area contributed by atoms with Gasteiger partial charge >= 0.3 is 0 Å². The highest BCUT2D eigenvalue weighted by Crippen LogP contribution is 2.27. The maximum Gasteiger partial charge on any atom is 0.240 e. The zero-order valence-electron chi connectivity index (χ0n) is 17.0. The van der Waals surface area contributed by atoms with E-state index in [9.17, 15) is 18.0 Å². The van der Waals surface area contributed by atoms with Gasteiger partial charge in [0.2, 0.25) is 21.8 Å². The van der Waals surface area contributed by atoms with Gasteiger partial charge in [-0.25, -0.2) is 13.1 Å². The van der Waals surface area contributed by atoms with Crippen molar-refractivity contribution in [2.45, 2.75) is 37.8 Å². The van der Waals surface area contributed by atoms with E-state index in [4.69, 9.17) is 4.74 Å². The maximum atomic E-state index is 12.7. The van der Waals surface area contributed by atoms with Crippen LogP contribution < -0.4 is 14.8 Å². The molecule has 0 aromatic heterocycles. The first kappa shape index (κ1) is 21.8. The van der Waals surface area contributed by atoms with Crippen molar-refractivity contribution in [1.82, 2.24) is 9.62 Å². The van der Waals surface area contributed by atoms with E-state index in [1.165, 1.54) is 32.2 Å². The van der Waals surface area contributed by atoms with E-state index >= 15 is 0 Å². The molecule has 0 unspecified atom stereocenters. The van der Waals surface area contributed by atoms with E-state index in [2.05, 4.69) is 10.0 Å². The van der Waals surface area contributed by atoms with Crippen molar-refractivity contribution in [3.05, 3.63) is 53.6 Å². The summed E-state index contributed by atoms with van der Waals surface area (Å²) in [5.41, 5.74) is 2.09. The molecule has 0 bridgehead atoms. The number of sulfonamides is 1. The Labute approximate surface area is 176 Å². The Kier molecular flexibility index (Phi) is 6.73. The Balaban J connectivity index is 1.66. The van der Waals surface area contributed by atoms with E-state index < -0.39 is 10.0 Å². The molecule has 2 N–H and O–H groups in total. The van der Waals surface area contributed by atoms with Crippen LogP contribution in [0.4, 0.5) is 5.69 Å². The summed E-state index contributed by atoms with van der Waals surface area (Å²) in [6.07, 6.45) is 1.50. The maximum absolute atomic E-state index is 12.7. The molecule has 160 valence electrons. The third-order valence-electron chi connectivity index (χ3n) is 4.83. The Morgan fingerprint density at radius 2 is 1.83 bits per heavy atom. The van der Waals surface area contributed by atoms with Gasteiger partial charge < -0.3 is 15.0 Å². The number of hydrogen-bond acceptors (Lipinski definition) is 5. The number of likely N-dealkylation sites (tertiary alicyclic amines) is 1. The first-order valence-electron chi connectivity index (χ1n) is 9.59. The molecule has 0 aliphatic carbocycles. The molecule has 2 amide bonds. The highest BCUT2D eigenvalue weighted by atomic mass is 32.2. The molecule has 0 radical (unpaired) electrons. The minimum Gasteiger partial charge on any atom is -0.495 e. The average molecular weight is 432 g/mol.